The minimum atomic E-state index is -0.0769. The molecule has 0 unspecified atom stereocenters. The van der Waals surface area contributed by atoms with Crippen molar-refractivity contribution >= 4 is 50.6 Å². The van der Waals surface area contributed by atoms with E-state index in [1.54, 1.807) is 12.4 Å². The van der Waals surface area contributed by atoms with Crippen LogP contribution in [0.3, 0.4) is 0 Å². The first-order valence-corrected chi connectivity index (χ1v) is 6.95. The van der Waals surface area contributed by atoms with Gasteiger partial charge < -0.3 is 11.1 Å². The summed E-state index contributed by atoms with van der Waals surface area (Å²) < 4.78 is 0.937. The molecule has 16 heavy (non-hydrogen) atoms. The van der Waals surface area contributed by atoms with Crippen molar-refractivity contribution < 1.29 is 4.79 Å². The lowest BCUT2D eigenvalue weighted by atomic mass is 10.7. The lowest BCUT2D eigenvalue weighted by molar-refractivity contribution is -0.113. The predicted octanol–water partition coefficient (Wildman–Crippen LogP) is 1.91. The summed E-state index contributed by atoms with van der Waals surface area (Å²) in [6.45, 7) is 0. The second kappa shape index (κ2) is 5.28. The summed E-state index contributed by atoms with van der Waals surface area (Å²) in [5, 5.41) is 5.65. The molecule has 2 aromatic heterocycles. The Hall–Kier alpha value is -1.12. The number of thioether (sulfide) groups is 1. The molecule has 2 heterocycles. The molecule has 0 aliphatic heterocycles. The molecule has 3 N–H and O–H groups in total. The van der Waals surface area contributed by atoms with Crippen LogP contribution in [0.4, 0.5) is 10.3 Å². The summed E-state index contributed by atoms with van der Waals surface area (Å²) in [6.07, 6.45) is 3.32. The van der Waals surface area contributed by atoms with Crippen molar-refractivity contribution in [2.75, 3.05) is 16.8 Å². The largest absolute Gasteiger partial charge is 0.375 e. The van der Waals surface area contributed by atoms with Crippen LogP contribution in [0.1, 0.15) is 0 Å². The Morgan fingerprint density at radius 2 is 2.44 bits per heavy atom. The summed E-state index contributed by atoms with van der Waals surface area (Å²) >= 11 is 4.18. The topological polar surface area (TPSA) is 80.9 Å². The van der Waals surface area contributed by atoms with Crippen LogP contribution in [0.15, 0.2) is 22.0 Å². The molecule has 84 valence electrons. The molecular formula is C8H8N4OS3. The van der Waals surface area contributed by atoms with Crippen molar-refractivity contribution in [3.8, 4) is 0 Å². The maximum Gasteiger partial charge on any atom is 0.236 e. The summed E-state index contributed by atoms with van der Waals surface area (Å²) in [5.74, 6) is 0.258. The molecule has 0 fully saturated rings. The molecule has 0 bridgehead atoms. The number of amides is 1. The Balaban J connectivity index is 1.80. The Morgan fingerprint density at radius 3 is 3.06 bits per heavy atom. The number of nitrogens with two attached hydrogens (primary N) is 1. The molecule has 0 aliphatic carbocycles. The maximum atomic E-state index is 11.5. The van der Waals surface area contributed by atoms with Crippen molar-refractivity contribution in [1.29, 1.82) is 0 Å². The zero-order valence-corrected chi connectivity index (χ0v) is 10.5. The first-order valence-electron chi connectivity index (χ1n) is 4.27. The van der Waals surface area contributed by atoms with E-state index in [9.17, 15) is 4.79 Å². The third-order valence-corrected chi connectivity index (χ3v) is 4.24. The zero-order valence-electron chi connectivity index (χ0n) is 8.04. The fourth-order valence-corrected chi connectivity index (χ4v) is 3.02. The standard InChI is InChI=1S/C8H8N4OS3/c9-7-11-3-6(16-7)15-4-5(13)12-8-10-1-2-14-8/h1-3H,4H2,(H2,9,11)(H,10,12,13). The van der Waals surface area contributed by atoms with Crippen LogP contribution in [0.2, 0.25) is 0 Å². The van der Waals surface area contributed by atoms with E-state index in [1.165, 1.54) is 34.4 Å². The lowest BCUT2D eigenvalue weighted by Crippen LogP contribution is -2.13. The van der Waals surface area contributed by atoms with Crippen LogP contribution in [0.5, 0.6) is 0 Å². The number of carbonyl (C=O) groups excluding carboxylic acids is 1. The molecule has 1 amide bonds. The highest BCUT2D eigenvalue weighted by Gasteiger charge is 2.06. The van der Waals surface area contributed by atoms with Gasteiger partial charge in [0.25, 0.3) is 0 Å². The minimum Gasteiger partial charge on any atom is -0.375 e. The van der Waals surface area contributed by atoms with Crippen LogP contribution in [0, 0.1) is 0 Å². The van der Waals surface area contributed by atoms with E-state index in [0.29, 0.717) is 16.0 Å². The number of rotatable bonds is 4. The molecule has 0 radical (unpaired) electrons. The molecule has 0 saturated heterocycles. The zero-order chi connectivity index (χ0) is 11.4. The molecule has 2 rings (SSSR count). The highest BCUT2D eigenvalue weighted by molar-refractivity contribution is 8.01. The van der Waals surface area contributed by atoms with E-state index in [1.807, 2.05) is 5.38 Å². The number of nitrogens with zero attached hydrogens (tertiary/aromatic N) is 2. The second-order valence-electron chi connectivity index (χ2n) is 2.69. The highest BCUT2D eigenvalue weighted by Crippen LogP contribution is 2.26. The highest BCUT2D eigenvalue weighted by atomic mass is 32.2. The molecule has 0 spiro atoms. The van der Waals surface area contributed by atoms with Gasteiger partial charge in [0, 0.05) is 11.6 Å². The molecular weight excluding hydrogens is 264 g/mol. The Bertz CT molecular complexity index is 467. The molecule has 0 aliphatic rings. The fraction of sp³-hybridized carbons (Fsp3) is 0.125. The summed E-state index contributed by atoms with van der Waals surface area (Å²) in [6, 6.07) is 0. The first-order chi connectivity index (χ1) is 7.74. The van der Waals surface area contributed by atoms with Gasteiger partial charge >= 0.3 is 0 Å². The van der Waals surface area contributed by atoms with Crippen molar-refractivity contribution in [3.05, 3.63) is 17.8 Å². The van der Waals surface area contributed by atoms with Gasteiger partial charge in [-0.15, -0.1) is 23.1 Å². The molecule has 5 nitrogen and oxygen atoms in total. The van der Waals surface area contributed by atoms with E-state index in [0.717, 1.165) is 4.21 Å². The van der Waals surface area contributed by atoms with Crippen LogP contribution < -0.4 is 11.1 Å². The smallest absolute Gasteiger partial charge is 0.236 e. The molecule has 0 saturated carbocycles. The molecule has 0 aromatic carbocycles. The van der Waals surface area contributed by atoms with E-state index >= 15 is 0 Å². The van der Waals surface area contributed by atoms with E-state index in [2.05, 4.69) is 15.3 Å². The molecule has 8 heteroatoms. The van der Waals surface area contributed by atoms with Gasteiger partial charge in [-0.2, -0.15) is 0 Å². The normalized spacial score (nSPS) is 10.2. The summed E-state index contributed by atoms with van der Waals surface area (Å²) in [5.41, 5.74) is 5.48. The maximum absolute atomic E-state index is 11.5. The van der Waals surface area contributed by atoms with E-state index < -0.39 is 0 Å². The number of thiazole rings is 2. The Labute approximate surface area is 104 Å². The van der Waals surface area contributed by atoms with Gasteiger partial charge in [0.15, 0.2) is 10.3 Å². The quantitative estimate of drug-likeness (QED) is 0.831. The number of aromatic nitrogens is 2. The monoisotopic (exact) mass is 272 g/mol. The third kappa shape index (κ3) is 3.19. The van der Waals surface area contributed by atoms with E-state index in [4.69, 9.17) is 5.73 Å². The van der Waals surface area contributed by atoms with Crippen molar-refractivity contribution in [1.82, 2.24) is 9.97 Å². The number of anilines is 2. The van der Waals surface area contributed by atoms with Crippen LogP contribution in [0.25, 0.3) is 0 Å². The van der Waals surface area contributed by atoms with Gasteiger partial charge in [-0.3, -0.25) is 4.79 Å². The van der Waals surface area contributed by atoms with Crippen LogP contribution >= 0.6 is 34.4 Å². The van der Waals surface area contributed by atoms with Gasteiger partial charge in [0.2, 0.25) is 5.91 Å². The van der Waals surface area contributed by atoms with Gasteiger partial charge in [-0.1, -0.05) is 11.3 Å². The van der Waals surface area contributed by atoms with Crippen molar-refractivity contribution in [3.63, 3.8) is 0 Å². The summed E-state index contributed by atoms with van der Waals surface area (Å²) in [4.78, 5) is 19.3. The number of hydrogen-bond acceptors (Lipinski definition) is 7. The second-order valence-corrected chi connectivity index (χ2v) is 5.92. The van der Waals surface area contributed by atoms with Gasteiger partial charge in [-0.25, -0.2) is 9.97 Å². The number of nitrogen functional groups attached to an aromatic ring is 1. The molecule has 0 atom stereocenters. The van der Waals surface area contributed by atoms with Gasteiger partial charge in [0.1, 0.15) is 0 Å². The number of carbonyl (C=O) groups is 1. The van der Waals surface area contributed by atoms with E-state index in [-0.39, 0.29) is 5.91 Å². The average Bonchev–Trinajstić information content (AvgIpc) is 2.87. The van der Waals surface area contributed by atoms with Crippen LogP contribution in [-0.4, -0.2) is 21.6 Å². The van der Waals surface area contributed by atoms with Crippen molar-refractivity contribution in [2.45, 2.75) is 4.21 Å². The minimum absolute atomic E-state index is 0.0769. The third-order valence-electron chi connectivity index (χ3n) is 1.53. The fourth-order valence-electron chi connectivity index (χ4n) is 0.916. The predicted molar refractivity (Wildman–Crippen MR) is 68.0 cm³/mol. The SMILES string of the molecule is Nc1ncc(SCC(=O)Nc2nccs2)s1. The Morgan fingerprint density at radius 1 is 1.56 bits per heavy atom. The Kier molecular flexibility index (Phi) is 3.75. The number of hydrogen-bond donors (Lipinski definition) is 2. The van der Waals surface area contributed by atoms with Gasteiger partial charge in [-0.05, 0) is 0 Å². The lowest BCUT2D eigenvalue weighted by Gasteiger charge is -1.99. The van der Waals surface area contributed by atoms with Crippen LogP contribution in [-0.2, 0) is 4.79 Å². The number of nitrogens with one attached hydrogen (secondary N) is 1. The average molecular weight is 272 g/mol. The summed E-state index contributed by atoms with van der Waals surface area (Å²) in [7, 11) is 0. The first kappa shape index (κ1) is 11.4. The molecule has 2 aromatic rings. The van der Waals surface area contributed by atoms with Gasteiger partial charge in [0.05, 0.1) is 16.2 Å². The van der Waals surface area contributed by atoms with Crippen molar-refractivity contribution in [2.24, 2.45) is 0 Å².